The van der Waals surface area contributed by atoms with Gasteiger partial charge in [-0.05, 0) is 56.9 Å². The van der Waals surface area contributed by atoms with E-state index in [-0.39, 0.29) is 23.3 Å². The van der Waals surface area contributed by atoms with Crippen LogP contribution in [0.3, 0.4) is 0 Å². The Bertz CT molecular complexity index is 1080. The van der Waals surface area contributed by atoms with Crippen LogP contribution in [-0.4, -0.2) is 57.3 Å². The molecule has 1 aliphatic carbocycles. The molecule has 3 aliphatic rings. The minimum atomic E-state index is -0.00560. The molecule has 0 bridgehead atoms. The Morgan fingerprint density at radius 1 is 0.939 bits per heavy atom. The van der Waals surface area contributed by atoms with Gasteiger partial charge in [-0.3, -0.25) is 19.0 Å². The molecule has 33 heavy (non-hydrogen) atoms. The molecule has 5 rings (SSSR count). The van der Waals surface area contributed by atoms with E-state index in [2.05, 4.69) is 4.98 Å². The Balaban J connectivity index is 1.17. The standard InChI is InChI=1S/C25H34N4O3S/c30-21(27-14-9-18(10-15-27)24(31)28-12-5-1-2-6-13-28)11-16-29-17-26-23-22(25(29)32)19-7-3-4-8-20(19)33-23/h17-18H,1-16H2. The highest BCUT2D eigenvalue weighted by molar-refractivity contribution is 7.18. The molecule has 0 radical (unpaired) electrons. The molecule has 2 aromatic rings. The number of hydrogen-bond donors (Lipinski definition) is 0. The molecule has 0 saturated carbocycles. The van der Waals surface area contributed by atoms with Crippen LogP contribution in [0.2, 0.25) is 0 Å². The van der Waals surface area contributed by atoms with Crippen molar-refractivity contribution in [3.05, 3.63) is 27.1 Å². The summed E-state index contributed by atoms with van der Waals surface area (Å²) in [4.78, 5) is 49.5. The molecule has 2 fully saturated rings. The summed E-state index contributed by atoms with van der Waals surface area (Å²) in [6.07, 6.45) is 12.4. The van der Waals surface area contributed by atoms with Crippen LogP contribution in [0.5, 0.6) is 0 Å². The van der Waals surface area contributed by atoms with Crippen LogP contribution in [0.15, 0.2) is 11.1 Å². The molecule has 2 amide bonds. The number of thiophene rings is 1. The van der Waals surface area contributed by atoms with Crippen molar-refractivity contribution in [3.8, 4) is 0 Å². The molecule has 4 heterocycles. The van der Waals surface area contributed by atoms with Gasteiger partial charge < -0.3 is 9.80 Å². The second-order valence-corrected chi connectivity index (χ2v) is 10.9. The molecular weight excluding hydrogens is 436 g/mol. The Morgan fingerprint density at radius 2 is 1.67 bits per heavy atom. The van der Waals surface area contributed by atoms with Gasteiger partial charge in [-0.1, -0.05) is 12.8 Å². The van der Waals surface area contributed by atoms with Crippen LogP contribution in [0.1, 0.15) is 68.2 Å². The number of amides is 2. The van der Waals surface area contributed by atoms with Gasteiger partial charge in [0, 0.05) is 49.9 Å². The number of fused-ring (bicyclic) bond motifs is 3. The number of rotatable bonds is 4. The van der Waals surface area contributed by atoms with Crippen molar-refractivity contribution >= 4 is 33.4 Å². The maximum absolute atomic E-state index is 13.1. The molecule has 8 heteroatoms. The Hall–Kier alpha value is -2.22. The van der Waals surface area contributed by atoms with Gasteiger partial charge in [0.15, 0.2) is 0 Å². The number of carbonyl (C=O) groups is 2. The van der Waals surface area contributed by atoms with Crippen LogP contribution in [0.25, 0.3) is 10.2 Å². The number of piperidine rings is 1. The smallest absolute Gasteiger partial charge is 0.262 e. The fraction of sp³-hybridized carbons (Fsp3) is 0.680. The van der Waals surface area contributed by atoms with Gasteiger partial charge in [-0.2, -0.15) is 0 Å². The first-order valence-electron chi connectivity index (χ1n) is 12.7. The topological polar surface area (TPSA) is 75.5 Å². The summed E-state index contributed by atoms with van der Waals surface area (Å²) in [6, 6.07) is 0. The monoisotopic (exact) mass is 470 g/mol. The Kier molecular flexibility index (Phi) is 6.81. The normalized spacial score (nSPS) is 20.0. The molecule has 0 unspecified atom stereocenters. The van der Waals surface area contributed by atoms with Gasteiger partial charge in [0.1, 0.15) is 4.83 Å². The summed E-state index contributed by atoms with van der Waals surface area (Å²) in [5.74, 6) is 0.398. The third-order valence-electron chi connectivity index (χ3n) is 7.62. The molecule has 0 spiro atoms. The second-order valence-electron chi connectivity index (χ2n) is 9.78. The predicted octanol–water partition coefficient (Wildman–Crippen LogP) is 3.37. The van der Waals surface area contributed by atoms with Gasteiger partial charge in [-0.25, -0.2) is 4.98 Å². The summed E-state index contributed by atoms with van der Waals surface area (Å²) in [5, 5.41) is 0.775. The zero-order valence-corrected chi connectivity index (χ0v) is 20.2. The largest absolute Gasteiger partial charge is 0.343 e. The molecule has 2 aliphatic heterocycles. The lowest BCUT2D eigenvalue weighted by Crippen LogP contribution is -2.45. The van der Waals surface area contributed by atoms with Crippen LogP contribution in [-0.2, 0) is 29.0 Å². The van der Waals surface area contributed by atoms with E-state index in [4.69, 9.17) is 0 Å². The maximum Gasteiger partial charge on any atom is 0.262 e. The number of nitrogens with zero attached hydrogens (tertiary/aromatic N) is 4. The van der Waals surface area contributed by atoms with Gasteiger partial charge in [0.2, 0.25) is 11.8 Å². The van der Waals surface area contributed by atoms with Crippen molar-refractivity contribution in [2.24, 2.45) is 5.92 Å². The molecular formula is C25H34N4O3S. The lowest BCUT2D eigenvalue weighted by Gasteiger charge is -2.34. The van der Waals surface area contributed by atoms with E-state index in [9.17, 15) is 14.4 Å². The van der Waals surface area contributed by atoms with E-state index in [0.717, 1.165) is 68.3 Å². The van der Waals surface area contributed by atoms with E-state index in [0.29, 0.717) is 26.1 Å². The highest BCUT2D eigenvalue weighted by Crippen LogP contribution is 2.33. The lowest BCUT2D eigenvalue weighted by atomic mass is 9.95. The van der Waals surface area contributed by atoms with Crippen molar-refractivity contribution in [3.63, 3.8) is 0 Å². The molecule has 2 aromatic heterocycles. The van der Waals surface area contributed by atoms with Crippen LogP contribution < -0.4 is 5.56 Å². The van der Waals surface area contributed by atoms with E-state index in [1.807, 2.05) is 9.80 Å². The van der Waals surface area contributed by atoms with Crippen LogP contribution in [0.4, 0.5) is 0 Å². The minimum absolute atomic E-state index is 0.00560. The Labute approximate surface area is 198 Å². The maximum atomic E-state index is 13.1. The minimum Gasteiger partial charge on any atom is -0.343 e. The van der Waals surface area contributed by atoms with E-state index in [1.165, 1.54) is 29.7 Å². The van der Waals surface area contributed by atoms with Gasteiger partial charge >= 0.3 is 0 Å². The second kappa shape index (κ2) is 9.95. The number of aromatic nitrogens is 2. The average molecular weight is 471 g/mol. The highest BCUT2D eigenvalue weighted by Gasteiger charge is 2.30. The summed E-state index contributed by atoms with van der Waals surface area (Å²) >= 11 is 1.65. The van der Waals surface area contributed by atoms with Gasteiger partial charge in [0.05, 0.1) is 11.7 Å². The molecule has 0 aromatic carbocycles. The van der Waals surface area contributed by atoms with Crippen molar-refractivity contribution in [1.29, 1.82) is 0 Å². The first-order valence-corrected chi connectivity index (χ1v) is 13.5. The van der Waals surface area contributed by atoms with Crippen LogP contribution >= 0.6 is 11.3 Å². The Morgan fingerprint density at radius 3 is 2.42 bits per heavy atom. The fourth-order valence-electron chi connectivity index (χ4n) is 5.64. The van der Waals surface area contributed by atoms with E-state index >= 15 is 0 Å². The van der Waals surface area contributed by atoms with Crippen molar-refractivity contribution in [2.75, 3.05) is 26.2 Å². The first-order chi connectivity index (χ1) is 16.1. The fourth-order valence-corrected chi connectivity index (χ4v) is 6.86. The van der Waals surface area contributed by atoms with Crippen molar-refractivity contribution in [2.45, 2.75) is 77.2 Å². The molecule has 178 valence electrons. The third-order valence-corrected chi connectivity index (χ3v) is 8.82. The van der Waals surface area contributed by atoms with Gasteiger partial charge in [0.25, 0.3) is 5.56 Å². The number of hydrogen-bond acceptors (Lipinski definition) is 5. The SMILES string of the molecule is O=C(CCn1cnc2sc3c(c2c1=O)CCCC3)N1CCC(C(=O)N2CCCCCC2)CC1. The molecule has 0 N–H and O–H groups in total. The summed E-state index contributed by atoms with van der Waals surface area (Å²) < 4.78 is 1.61. The van der Waals surface area contributed by atoms with E-state index < -0.39 is 0 Å². The molecule has 2 saturated heterocycles. The molecule has 7 nitrogen and oxygen atoms in total. The van der Waals surface area contributed by atoms with Crippen molar-refractivity contribution in [1.82, 2.24) is 19.4 Å². The number of aryl methyl sites for hydroxylation is 3. The summed E-state index contributed by atoms with van der Waals surface area (Å²) in [7, 11) is 0. The zero-order valence-electron chi connectivity index (χ0n) is 19.4. The zero-order chi connectivity index (χ0) is 22.8. The lowest BCUT2D eigenvalue weighted by molar-refractivity contribution is -0.140. The number of likely N-dealkylation sites (tertiary alicyclic amines) is 2. The highest BCUT2D eigenvalue weighted by atomic mass is 32.1. The first kappa shape index (κ1) is 22.6. The van der Waals surface area contributed by atoms with Crippen molar-refractivity contribution < 1.29 is 9.59 Å². The third kappa shape index (κ3) is 4.72. The predicted molar refractivity (Wildman–Crippen MR) is 129 cm³/mol. The molecule has 0 atom stereocenters. The summed E-state index contributed by atoms with van der Waals surface area (Å²) in [6.45, 7) is 3.40. The van der Waals surface area contributed by atoms with E-state index in [1.54, 1.807) is 22.2 Å². The van der Waals surface area contributed by atoms with Crippen LogP contribution in [0, 0.1) is 5.92 Å². The quantitative estimate of drug-likeness (QED) is 0.687. The number of carbonyl (C=O) groups excluding carboxylic acids is 2. The average Bonchev–Trinajstić information content (AvgIpc) is 3.01. The summed E-state index contributed by atoms with van der Waals surface area (Å²) in [5.41, 5.74) is 1.18. The van der Waals surface area contributed by atoms with Gasteiger partial charge in [-0.15, -0.1) is 11.3 Å².